The number of aromatic hydroxyl groups is 2. The molecule has 0 aliphatic rings. The van der Waals surface area contributed by atoms with E-state index in [0.29, 0.717) is 16.5 Å². The minimum Gasteiger partial charge on any atom is -0.507 e. The molecule has 0 bridgehead atoms. The number of hydrogen-bond donors (Lipinski definition) is 2. The number of benzene rings is 2. The van der Waals surface area contributed by atoms with Crippen molar-refractivity contribution in [2.45, 2.75) is 13.3 Å². The van der Waals surface area contributed by atoms with Crippen LogP contribution in [0.15, 0.2) is 56.7 Å². The number of fused-ring (bicyclic) bond motifs is 1. The van der Waals surface area contributed by atoms with Crippen LogP contribution in [0, 0.1) is 0 Å². The zero-order chi connectivity index (χ0) is 19.4. The van der Waals surface area contributed by atoms with Crippen molar-refractivity contribution in [3.05, 3.63) is 64.0 Å². The number of nitrogens with zero attached hydrogens (tertiary/aromatic N) is 1. The van der Waals surface area contributed by atoms with Gasteiger partial charge in [0.2, 0.25) is 0 Å². The Morgan fingerprint density at radius 3 is 2.70 bits per heavy atom. The van der Waals surface area contributed by atoms with Gasteiger partial charge in [0.1, 0.15) is 22.8 Å². The lowest BCUT2D eigenvalue weighted by molar-refractivity contribution is -0.142. The third kappa shape index (κ3) is 4.14. The molecule has 0 saturated heterocycles. The molecule has 0 radical (unpaired) electrons. The largest absolute Gasteiger partial charge is 0.507 e. The predicted octanol–water partition coefficient (Wildman–Crippen LogP) is 3.06. The van der Waals surface area contributed by atoms with Crippen molar-refractivity contribution in [3.63, 3.8) is 0 Å². The summed E-state index contributed by atoms with van der Waals surface area (Å²) < 4.78 is 10.0. The number of para-hydroxylation sites is 1. The van der Waals surface area contributed by atoms with Crippen LogP contribution in [0.5, 0.6) is 11.5 Å². The maximum atomic E-state index is 11.8. The molecule has 1 aromatic heterocycles. The van der Waals surface area contributed by atoms with E-state index in [0.717, 1.165) is 0 Å². The molecule has 0 fully saturated rings. The Bertz CT molecular complexity index is 1080. The van der Waals surface area contributed by atoms with E-state index in [1.807, 2.05) is 0 Å². The second-order valence-corrected chi connectivity index (χ2v) is 5.73. The SMILES string of the molecule is CCOC(=O)Cc1cc(=O)oc2cc(O)c(N=Cc3ccccc3O)cc12. The van der Waals surface area contributed by atoms with Gasteiger partial charge < -0.3 is 19.4 Å². The van der Waals surface area contributed by atoms with Crippen molar-refractivity contribution in [1.29, 1.82) is 0 Å². The summed E-state index contributed by atoms with van der Waals surface area (Å²) in [6.45, 7) is 1.92. The molecule has 0 saturated carbocycles. The van der Waals surface area contributed by atoms with Crippen molar-refractivity contribution in [1.82, 2.24) is 0 Å². The van der Waals surface area contributed by atoms with Crippen molar-refractivity contribution < 1.29 is 24.2 Å². The van der Waals surface area contributed by atoms with E-state index in [1.165, 1.54) is 30.5 Å². The highest BCUT2D eigenvalue weighted by Crippen LogP contribution is 2.33. The Hall–Kier alpha value is -3.61. The topological polar surface area (TPSA) is 109 Å². The van der Waals surface area contributed by atoms with Crippen LogP contribution in [-0.2, 0) is 16.0 Å². The van der Waals surface area contributed by atoms with Gasteiger partial charge in [-0.25, -0.2) is 4.79 Å². The molecule has 7 nitrogen and oxygen atoms in total. The molecule has 2 N–H and O–H groups in total. The number of carbonyl (C=O) groups excluding carboxylic acids is 1. The van der Waals surface area contributed by atoms with Crippen LogP contribution in [0.4, 0.5) is 5.69 Å². The van der Waals surface area contributed by atoms with Crippen LogP contribution >= 0.6 is 0 Å². The number of phenols is 2. The second kappa shape index (κ2) is 7.74. The number of carbonyl (C=O) groups is 1. The molecule has 0 spiro atoms. The highest BCUT2D eigenvalue weighted by Gasteiger charge is 2.13. The first-order chi connectivity index (χ1) is 13.0. The monoisotopic (exact) mass is 367 g/mol. The van der Waals surface area contributed by atoms with Crippen LogP contribution in [0.25, 0.3) is 11.0 Å². The standard InChI is InChI=1S/C20H17NO6/c1-2-26-19(24)7-13-8-20(25)27-18-10-17(23)15(9-14(13)18)21-11-12-5-3-4-6-16(12)22/h3-6,8-11,22-23H,2,7H2,1H3. The molecule has 3 rings (SSSR count). The van der Waals surface area contributed by atoms with E-state index in [4.69, 9.17) is 9.15 Å². The first-order valence-electron chi connectivity index (χ1n) is 8.25. The van der Waals surface area contributed by atoms with E-state index in [2.05, 4.69) is 4.99 Å². The van der Waals surface area contributed by atoms with Crippen molar-refractivity contribution >= 4 is 28.8 Å². The van der Waals surface area contributed by atoms with Crippen LogP contribution in [0.1, 0.15) is 18.1 Å². The van der Waals surface area contributed by atoms with Gasteiger partial charge >= 0.3 is 11.6 Å². The summed E-state index contributed by atoms with van der Waals surface area (Å²) in [5.41, 5.74) is 0.597. The lowest BCUT2D eigenvalue weighted by atomic mass is 10.1. The summed E-state index contributed by atoms with van der Waals surface area (Å²) in [6.07, 6.45) is 1.30. The van der Waals surface area contributed by atoms with Crippen LogP contribution in [0.3, 0.4) is 0 Å². The first kappa shape index (κ1) is 18.2. The van der Waals surface area contributed by atoms with E-state index < -0.39 is 11.6 Å². The molecule has 0 atom stereocenters. The smallest absolute Gasteiger partial charge is 0.336 e. The third-order valence-electron chi connectivity index (χ3n) is 3.84. The minimum atomic E-state index is -0.633. The van der Waals surface area contributed by atoms with Gasteiger partial charge in [-0.05, 0) is 30.7 Å². The molecule has 7 heteroatoms. The minimum absolute atomic E-state index is 0.0514. The number of hydrogen-bond acceptors (Lipinski definition) is 7. The van der Waals surface area contributed by atoms with Crippen LogP contribution < -0.4 is 5.63 Å². The van der Waals surface area contributed by atoms with E-state index in [1.54, 1.807) is 25.1 Å². The summed E-state index contributed by atoms with van der Waals surface area (Å²) in [5, 5.41) is 20.4. The second-order valence-electron chi connectivity index (χ2n) is 5.73. The van der Waals surface area contributed by atoms with Gasteiger partial charge in [0.25, 0.3) is 0 Å². The number of ether oxygens (including phenoxy) is 1. The summed E-state index contributed by atoms with van der Waals surface area (Å²) >= 11 is 0. The molecule has 27 heavy (non-hydrogen) atoms. The molecule has 0 unspecified atom stereocenters. The Morgan fingerprint density at radius 1 is 1.19 bits per heavy atom. The lowest BCUT2D eigenvalue weighted by Gasteiger charge is -2.07. The lowest BCUT2D eigenvalue weighted by Crippen LogP contribution is -2.10. The Balaban J connectivity index is 2.06. The van der Waals surface area contributed by atoms with Gasteiger partial charge in [0.05, 0.1) is 13.0 Å². The fourth-order valence-corrected chi connectivity index (χ4v) is 2.60. The normalized spacial score (nSPS) is 11.1. The Kier molecular flexibility index (Phi) is 5.21. The zero-order valence-electron chi connectivity index (χ0n) is 14.5. The molecule has 2 aromatic carbocycles. The highest BCUT2D eigenvalue weighted by molar-refractivity contribution is 5.91. The first-order valence-corrected chi connectivity index (χ1v) is 8.25. The fourth-order valence-electron chi connectivity index (χ4n) is 2.60. The Labute approximate surface area is 154 Å². The maximum Gasteiger partial charge on any atom is 0.336 e. The zero-order valence-corrected chi connectivity index (χ0v) is 14.5. The quantitative estimate of drug-likeness (QED) is 0.407. The van der Waals surface area contributed by atoms with Gasteiger partial charge in [0.15, 0.2) is 0 Å². The Morgan fingerprint density at radius 2 is 1.96 bits per heavy atom. The van der Waals surface area contributed by atoms with Gasteiger partial charge in [-0.2, -0.15) is 0 Å². The van der Waals surface area contributed by atoms with Crippen LogP contribution in [-0.4, -0.2) is 29.0 Å². The van der Waals surface area contributed by atoms with Crippen molar-refractivity contribution in [2.24, 2.45) is 4.99 Å². The van der Waals surface area contributed by atoms with E-state index in [-0.39, 0.29) is 35.8 Å². The molecule has 3 aromatic rings. The molecule has 0 aliphatic carbocycles. The number of aliphatic imine (C=N–C) groups is 1. The maximum absolute atomic E-state index is 11.8. The molecular formula is C20H17NO6. The van der Waals surface area contributed by atoms with E-state index >= 15 is 0 Å². The van der Waals surface area contributed by atoms with Crippen molar-refractivity contribution in [2.75, 3.05) is 6.61 Å². The number of phenolic OH excluding ortho intramolecular Hbond substituents is 2. The average molecular weight is 367 g/mol. The molecule has 138 valence electrons. The van der Waals surface area contributed by atoms with Crippen LogP contribution in [0.2, 0.25) is 0 Å². The summed E-state index contributed by atoms with van der Waals surface area (Å²) in [6, 6.07) is 10.6. The molecular weight excluding hydrogens is 350 g/mol. The van der Waals surface area contributed by atoms with Gasteiger partial charge in [-0.3, -0.25) is 9.79 Å². The van der Waals surface area contributed by atoms with Crippen molar-refractivity contribution in [3.8, 4) is 11.5 Å². The van der Waals surface area contributed by atoms with Gasteiger partial charge in [0, 0.05) is 29.3 Å². The number of esters is 1. The van der Waals surface area contributed by atoms with Gasteiger partial charge in [-0.1, -0.05) is 12.1 Å². The summed E-state index contributed by atoms with van der Waals surface area (Å²) in [4.78, 5) is 27.7. The number of rotatable bonds is 5. The fraction of sp³-hybridized carbons (Fsp3) is 0.150. The highest BCUT2D eigenvalue weighted by atomic mass is 16.5. The summed E-state index contributed by atoms with van der Waals surface area (Å²) in [7, 11) is 0. The molecule has 0 aliphatic heterocycles. The molecule has 0 amide bonds. The summed E-state index contributed by atoms with van der Waals surface area (Å²) in [5.74, 6) is -0.627. The molecule has 1 heterocycles. The van der Waals surface area contributed by atoms with E-state index in [9.17, 15) is 19.8 Å². The van der Waals surface area contributed by atoms with Gasteiger partial charge in [-0.15, -0.1) is 0 Å². The third-order valence-corrected chi connectivity index (χ3v) is 3.84. The predicted molar refractivity (Wildman–Crippen MR) is 99.8 cm³/mol. The average Bonchev–Trinajstić information content (AvgIpc) is 2.61.